The average Bonchev–Trinajstić information content (AvgIpc) is 3.30. The molecule has 0 radical (unpaired) electrons. The predicted molar refractivity (Wildman–Crippen MR) is 197 cm³/mol. The third-order valence-electron chi connectivity index (χ3n) is 11.5. The van der Waals surface area contributed by atoms with E-state index in [1.807, 2.05) is 0 Å². The molecule has 8 aromatic rings. The minimum Gasteiger partial charge on any atom is -0.309 e. The Balaban J connectivity index is 1.33. The van der Waals surface area contributed by atoms with E-state index < -0.39 is 0 Å². The zero-order valence-electron chi connectivity index (χ0n) is 27.0. The van der Waals surface area contributed by atoms with Gasteiger partial charge in [0.2, 0.25) is 0 Å². The molecular formula is C45H35N. The normalized spacial score (nSPS) is 15.8. The molecule has 0 saturated carbocycles. The highest BCUT2D eigenvalue weighted by Gasteiger charge is 2.42. The van der Waals surface area contributed by atoms with Crippen LogP contribution in [-0.4, -0.2) is 0 Å². The van der Waals surface area contributed by atoms with E-state index in [-0.39, 0.29) is 10.8 Å². The maximum absolute atomic E-state index is 2.57. The number of hydrogen-bond donors (Lipinski definition) is 0. The van der Waals surface area contributed by atoms with Crippen molar-refractivity contribution in [3.8, 4) is 11.1 Å². The lowest BCUT2D eigenvalue weighted by molar-refractivity contribution is 0.627. The van der Waals surface area contributed by atoms with Gasteiger partial charge in [-0.2, -0.15) is 0 Å². The zero-order chi connectivity index (χ0) is 31.1. The summed E-state index contributed by atoms with van der Waals surface area (Å²) in [4.78, 5) is 2.57. The van der Waals surface area contributed by atoms with E-state index in [2.05, 4.69) is 161 Å². The van der Waals surface area contributed by atoms with E-state index in [1.165, 1.54) is 99.1 Å². The summed E-state index contributed by atoms with van der Waals surface area (Å²) < 4.78 is 0. The summed E-state index contributed by atoms with van der Waals surface area (Å²) in [6.07, 6.45) is 0. The third kappa shape index (κ3) is 3.06. The Labute approximate surface area is 270 Å². The number of para-hydroxylation sites is 1. The maximum Gasteiger partial charge on any atom is 0.0540 e. The molecule has 10 rings (SSSR count). The summed E-state index contributed by atoms with van der Waals surface area (Å²) in [6.45, 7) is 11.8. The smallest absolute Gasteiger partial charge is 0.0540 e. The first-order valence-electron chi connectivity index (χ1n) is 16.5. The van der Waals surface area contributed by atoms with Gasteiger partial charge in [-0.3, -0.25) is 0 Å². The Morgan fingerprint density at radius 2 is 0.978 bits per heavy atom. The standard InChI is InChI=1S/C45H35N/c1-26-20-21-31-30-15-11-16-33-39(23-22-32(43(30)33)29-14-10-13-27(26)42(29)31)46-40-19-9-8-18-36(40)45(4,5)38-24-34-28-12-6-7-17-35(28)44(2,3)37(34)25-41(38)46/h6-25H,1-5H3. The van der Waals surface area contributed by atoms with Crippen LogP contribution < -0.4 is 4.90 Å². The fourth-order valence-electron chi connectivity index (χ4n) is 9.19. The van der Waals surface area contributed by atoms with Gasteiger partial charge in [0.05, 0.1) is 17.1 Å². The van der Waals surface area contributed by atoms with Crippen LogP contribution in [0.4, 0.5) is 17.1 Å². The molecule has 0 fully saturated rings. The third-order valence-corrected chi connectivity index (χ3v) is 11.5. The molecule has 0 saturated heterocycles. The molecule has 1 aliphatic heterocycles. The van der Waals surface area contributed by atoms with Gasteiger partial charge in [-0.25, -0.2) is 0 Å². The van der Waals surface area contributed by atoms with Gasteiger partial charge in [0.1, 0.15) is 0 Å². The van der Waals surface area contributed by atoms with Crippen molar-refractivity contribution in [2.24, 2.45) is 0 Å². The van der Waals surface area contributed by atoms with Crippen molar-refractivity contribution in [1.82, 2.24) is 0 Å². The molecule has 1 heteroatoms. The van der Waals surface area contributed by atoms with Gasteiger partial charge in [0.25, 0.3) is 0 Å². The number of aryl methyl sites for hydroxylation is 1. The molecule has 0 atom stereocenters. The van der Waals surface area contributed by atoms with E-state index in [4.69, 9.17) is 0 Å². The highest BCUT2D eigenvalue weighted by molar-refractivity contribution is 6.34. The lowest BCUT2D eigenvalue weighted by Gasteiger charge is -2.43. The van der Waals surface area contributed by atoms with Crippen molar-refractivity contribution < 1.29 is 0 Å². The van der Waals surface area contributed by atoms with Gasteiger partial charge in [0.15, 0.2) is 0 Å². The molecule has 0 aromatic heterocycles. The van der Waals surface area contributed by atoms with Crippen molar-refractivity contribution >= 4 is 60.2 Å². The topological polar surface area (TPSA) is 3.24 Å². The van der Waals surface area contributed by atoms with Crippen LogP contribution in [0.25, 0.3) is 54.2 Å². The molecule has 1 heterocycles. The van der Waals surface area contributed by atoms with E-state index >= 15 is 0 Å². The first kappa shape index (κ1) is 26.1. The van der Waals surface area contributed by atoms with Crippen molar-refractivity contribution in [2.45, 2.75) is 45.4 Å². The van der Waals surface area contributed by atoms with Crippen LogP contribution in [0, 0.1) is 6.92 Å². The fraction of sp³-hybridized carbons (Fsp3) is 0.156. The van der Waals surface area contributed by atoms with Gasteiger partial charge >= 0.3 is 0 Å². The number of fused-ring (bicyclic) bond motifs is 7. The summed E-state index contributed by atoms with van der Waals surface area (Å²) in [7, 11) is 0. The summed E-state index contributed by atoms with van der Waals surface area (Å²) in [6, 6.07) is 46.2. The summed E-state index contributed by atoms with van der Waals surface area (Å²) >= 11 is 0. The number of hydrogen-bond acceptors (Lipinski definition) is 1. The van der Waals surface area contributed by atoms with E-state index in [9.17, 15) is 0 Å². The number of benzene rings is 8. The summed E-state index contributed by atoms with van der Waals surface area (Å²) in [5.41, 5.74) is 13.2. The summed E-state index contributed by atoms with van der Waals surface area (Å²) in [5, 5.41) is 10.7. The molecular weight excluding hydrogens is 555 g/mol. The molecule has 220 valence electrons. The van der Waals surface area contributed by atoms with Gasteiger partial charge in [-0.15, -0.1) is 0 Å². The second-order valence-electron chi connectivity index (χ2n) is 14.6. The van der Waals surface area contributed by atoms with E-state index in [1.54, 1.807) is 0 Å². The molecule has 0 amide bonds. The van der Waals surface area contributed by atoms with Crippen LogP contribution >= 0.6 is 0 Å². The molecule has 1 aliphatic carbocycles. The van der Waals surface area contributed by atoms with Crippen LogP contribution in [0.1, 0.15) is 55.5 Å². The predicted octanol–water partition coefficient (Wildman–Crippen LogP) is 12.5. The SMILES string of the molecule is Cc1ccc2c3cccc4c(N5c6ccccc6C(C)(C)c6cc7c(cc65)C(C)(C)c5ccccc5-7)ccc(c5cccc1c25)c43. The van der Waals surface area contributed by atoms with E-state index in [0.717, 1.165) is 0 Å². The van der Waals surface area contributed by atoms with Crippen LogP contribution in [0.5, 0.6) is 0 Å². The van der Waals surface area contributed by atoms with Gasteiger partial charge < -0.3 is 4.90 Å². The average molecular weight is 590 g/mol. The van der Waals surface area contributed by atoms with Gasteiger partial charge in [0, 0.05) is 16.2 Å². The van der Waals surface area contributed by atoms with Crippen molar-refractivity contribution in [2.75, 3.05) is 4.90 Å². The minimum absolute atomic E-state index is 0.0752. The number of nitrogens with zero attached hydrogens (tertiary/aromatic N) is 1. The molecule has 0 unspecified atom stereocenters. The van der Waals surface area contributed by atoms with Crippen LogP contribution in [0.2, 0.25) is 0 Å². The van der Waals surface area contributed by atoms with Crippen molar-refractivity contribution in [1.29, 1.82) is 0 Å². The Hall–Kier alpha value is -5.14. The second kappa shape index (κ2) is 8.56. The Morgan fingerprint density at radius 1 is 0.391 bits per heavy atom. The van der Waals surface area contributed by atoms with Gasteiger partial charge in [-0.1, -0.05) is 125 Å². The van der Waals surface area contributed by atoms with Crippen LogP contribution in [-0.2, 0) is 10.8 Å². The molecule has 0 spiro atoms. The first-order chi connectivity index (χ1) is 22.3. The fourth-order valence-corrected chi connectivity index (χ4v) is 9.19. The highest BCUT2D eigenvalue weighted by Crippen LogP contribution is 2.58. The molecule has 0 N–H and O–H groups in total. The molecule has 46 heavy (non-hydrogen) atoms. The van der Waals surface area contributed by atoms with Gasteiger partial charge in [-0.05, 0) is 108 Å². The largest absolute Gasteiger partial charge is 0.309 e. The first-order valence-corrected chi connectivity index (χ1v) is 16.5. The molecule has 2 aliphatic rings. The molecule has 0 bridgehead atoms. The Bertz CT molecular complexity index is 2580. The number of rotatable bonds is 1. The van der Waals surface area contributed by atoms with E-state index in [0.29, 0.717) is 0 Å². The lowest BCUT2D eigenvalue weighted by atomic mass is 9.71. The second-order valence-corrected chi connectivity index (χ2v) is 14.6. The molecule has 8 aromatic carbocycles. The number of anilines is 3. The minimum atomic E-state index is -0.155. The highest BCUT2D eigenvalue weighted by atomic mass is 15.2. The van der Waals surface area contributed by atoms with Crippen LogP contribution in [0.15, 0.2) is 121 Å². The molecule has 1 nitrogen and oxygen atoms in total. The van der Waals surface area contributed by atoms with Crippen molar-refractivity contribution in [3.63, 3.8) is 0 Å². The van der Waals surface area contributed by atoms with Crippen LogP contribution in [0.3, 0.4) is 0 Å². The Kier molecular flexibility index (Phi) is 4.86. The zero-order valence-corrected chi connectivity index (χ0v) is 27.0. The van der Waals surface area contributed by atoms with Crippen molar-refractivity contribution in [3.05, 3.63) is 149 Å². The Morgan fingerprint density at radius 3 is 1.76 bits per heavy atom. The summed E-state index contributed by atoms with van der Waals surface area (Å²) in [5.74, 6) is 0. The quantitative estimate of drug-likeness (QED) is 0.136. The lowest BCUT2D eigenvalue weighted by Crippen LogP contribution is -2.31. The monoisotopic (exact) mass is 589 g/mol. The maximum atomic E-state index is 2.57.